The van der Waals surface area contributed by atoms with Crippen LogP contribution in [0.1, 0.15) is 64.9 Å². The molecule has 0 aromatic carbocycles. The summed E-state index contributed by atoms with van der Waals surface area (Å²) in [5, 5.41) is 11.2. The minimum absolute atomic E-state index is 0.112. The van der Waals surface area contributed by atoms with E-state index in [0.717, 1.165) is 30.5 Å². The van der Waals surface area contributed by atoms with Crippen LogP contribution >= 0.6 is 0 Å². The van der Waals surface area contributed by atoms with E-state index in [1.165, 1.54) is 37.7 Å². The Hall–Kier alpha value is -1.52. The highest BCUT2D eigenvalue weighted by Crippen LogP contribution is 2.64. The fraction of sp³-hybridized carbons (Fsp3) is 0.810. The second-order valence-corrected chi connectivity index (χ2v) is 9.82. The Kier molecular flexibility index (Phi) is 3.51. The monoisotopic (exact) mass is 357 g/mol. The summed E-state index contributed by atoms with van der Waals surface area (Å²) in [5.41, 5.74) is 1.83. The molecule has 4 aliphatic rings. The van der Waals surface area contributed by atoms with Crippen LogP contribution < -0.4 is 5.32 Å². The van der Waals surface area contributed by atoms with Crippen LogP contribution in [-0.2, 0) is 16.0 Å². The van der Waals surface area contributed by atoms with Crippen molar-refractivity contribution >= 4 is 11.8 Å². The number of hydrogen-bond donors (Lipinski definition) is 2. The van der Waals surface area contributed by atoms with E-state index in [2.05, 4.69) is 29.4 Å². The lowest BCUT2D eigenvalue weighted by Crippen LogP contribution is -2.58. The lowest BCUT2D eigenvalue weighted by atomic mass is 9.47. The molecule has 1 aromatic heterocycles. The molecule has 5 rings (SSSR count). The van der Waals surface area contributed by atoms with E-state index in [1.807, 2.05) is 6.20 Å². The Bertz CT molecular complexity index is 731. The number of esters is 1. The number of nitrogens with zero attached hydrogens (tertiary/aromatic N) is 1. The number of rotatable bonds is 1. The molecular formula is C21H31N3O2. The molecule has 3 saturated carbocycles. The van der Waals surface area contributed by atoms with Gasteiger partial charge in [0.05, 0.1) is 6.20 Å². The average Bonchev–Trinajstić information content (AvgIpc) is 3.16. The molecule has 3 fully saturated rings. The zero-order chi connectivity index (χ0) is 18.1. The van der Waals surface area contributed by atoms with E-state index in [1.54, 1.807) is 6.92 Å². The van der Waals surface area contributed by atoms with Gasteiger partial charge in [-0.25, -0.2) is 0 Å². The fourth-order valence-corrected chi connectivity index (χ4v) is 7.45. The quantitative estimate of drug-likeness (QED) is 0.748. The van der Waals surface area contributed by atoms with Crippen molar-refractivity contribution in [3.8, 4) is 0 Å². The van der Waals surface area contributed by atoms with Gasteiger partial charge in [-0.1, -0.05) is 13.8 Å². The number of aromatic nitrogens is 2. The van der Waals surface area contributed by atoms with Gasteiger partial charge in [0.25, 0.3) is 0 Å². The second-order valence-electron chi connectivity index (χ2n) is 9.82. The zero-order valence-corrected chi connectivity index (χ0v) is 16.2. The van der Waals surface area contributed by atoms with E-state index in [9.17, 15) is 4.79 Å². The molecule has 26 heavy (non-hydrogen) atoms. The number of carbonyl (C=O) groups is 1. The topological polar surface area (TPSA) is 67.0 Å². The number of H-pyrrole nitrogens is 1. The summed E-state index contributed by atoms with van der Waals surface area (Å²) in [7, 11) is 0. The first kappa shape index (κ1) is 16.6. The molecule has 2 N–H and O–H groups in total. The van der Waals surface area contributed by atoms with E-state index in [0.29, 0.717) is 17.4 Å². The summed E-state index contributed by atoms with van der Waals surface area (Å²) < 4.78 is 5.77. The molecule has 0 amide bonds. The van der Waals surface area contributed by atoms with Crippen molar-refractivity contribution in [2.45, 2.75) is 77.9 Å². The van der Waals surface area contributed by atoms with Gasteiger partial charge < -0.3 is 10.1 Å². The highest BCUT2D eigenvalue weighted by Gasteiger charge is 2.61. The van der Waals surface area contributed by atoms with Crippen molar-refractivity contribution in [1.82, 2.24) is 10.2 Å². The standard InChI is InChI=1S/C21H31N3O2/c1-12(25)26-18-7-5-15-14-4-6-17-21(3,16(14)8-9-20(15,18)2)10-13-11-22-24-19(13)23-17/h11,14-18H,4-10H2,1-3H3,(H2,22,23,24). The maximum Gasteiger partial charge on any atom is 0.302 e. The summed E-state index contributed by atoms with van der Waals surface area (Å²) >= 11 is 0. The minimum atomic E-state index is -0.112. The summed E-state index contributed by atoms with van der Waals surface area (Å²) in [5.74, 6) is 3.26. The van der Waals surface area contributed by atoms with Gasteiger partial charge in [-0.3, -0.25) is 9.89 Å². The molecular weight excluding hydrogens is 326 g/mol. The van der Waals surface area contributed by atoms with Crippen molar-refractivity contribution in [3.63, 3.8) is 0 Å². The van der Waals surface area contributed by atoms with Crippen molar-refractivity contribution in [2.24, 2.45) is 28.6 Å². The summed E-state index contributed by atoms with van der Waals surface area (Å²) in [6, 6.07) is 0.548. The number of ether oxygens (including phenoxy) is 1. The minimum Gasteiger partial charge on any atom is -0.462 e. The Morgan fingerprint density at radius 1 is 1.15 bits per heavy atom. The predicted molar refractivity (Wildman–Crippen MR) is 99.6 cm³/mol. The Morgan fingerprint density at radius 3 is 2.77 bits per heavy atom. The summed E-state index contributed by atoms with van der Waals surface area (Å²) in [6.45, 7) is 6.47. The van der Waals surface area contributed by atoms with Gasteiger partial charge >= 0.3 is 5.97 Å². The number of aromatic amines is 1. The molecule has 0 radical (unpaired) electrons. The molecule has 5 heteroatoms. The molecule has 2 heterocycles. The van der Waals surface area contributed by atoms with Crippen LogP contribution in [-0.4, -0.2) is 28.3 Å². The predicted octanol–water partition coefficient (Wildman–Crippen LogP) is 3.92. The molecule has 0 spiro atoms. The van der Waals surface area contributed by atoms with Crippen LogP contribution in [0.3, 0.4) is 0 Å². The lowest BCUT2D eigenvalue weighted by molar-refractivity contribution is -0.158. The molecule has 1 aromatic rings. The fourth-order valence-electron chi connectivity index (χ4n) is 7.45. The molecule has 3 aliphatic carbocycles. The number of nitrogens with one attached hydrogen (secondary N) is 2. The molecule has 142 valence electrons. The number of carbonyl (C=O) groups excluding carboxylic acids is 1. The molecule has 1 aliphatic heterocycles. The van der Waals surface area contributed by atoms with E-state index in [-0.39, 0.29) is 17.5 Å². The van der Waals surface area contributed by atoms with Crippen molar-refractivity contribution in [2.75, 3.05) is 5.32 Å². The smallest absolute Gasteiger partial charge is 0.302 e. The first-order chi connectivity index (χ1) is 12.4. The van der Waals surface area contributed by atoms with Crippen LogP contribution in [0.2, 0.25) is 0 Å². The highest BCUT2D eigenvalue weighted by atomic mass is 16.5. The van der Waals surface area contributed by atoms with Crippen LogP contribution in [0.15, 0.2) is 6.20 Å². The number of hydrogen-bond acceptors (Lipinski definition) is 4. The van der Waals surface area contributed by atoms with Gasteiger partial charge in [-0.2, -0.15) is 5.10 Å². The summed E-state index contributed by atoms with van der Waals surface area (Å²) in [4.78, 5) is 11.6. The Balaban J connectivity index is 1.44. The largest absolute Gasteiger partial charge is 0.462 e. The number of fused-ring (bicyclic) bond motifs is 6. The molecule has 0 saturated heterocycles. The third-order valence-electron chi connectivity index (χ3n) is 8.70. The van der Waals surface area contributed by atoms with Crippen molar-refractivity contribution in [1.29, 1.82) is 0 Å². The Labute approximate surface area is 155 Å². The molecule has 5 nitrogen and oxygen atoms in total. The van der Waals surface area contributed by atoms with Crippen LogP contribution in [0.4, 0.5) is 5.82 Å². The van der Waals surface area contributed by atoms with E-state index >= 15 is 0 Å². The van der Waals surface area contributed by atoms with Gasteiger partial charge in [0, 0.05) is 23.9 Å². The maximum absolute atomic E-state index is 11.6. The molecule has 7 atom stereocenters. The Morgan fingerprint density at radius 2 is 1.96 bits per heavy atom. The van der Waals surface area contributed by atoms with Gasteiger partial charge in [-0.05, 0) is 68.1 Å². The summed E-state index contributed by atoms with van der Waals surface area (Å²) in [6.07, 6.45) is 10.5. The van der Waals surface area contributed by atoms with Crippen molar-refractivity contribution < 1.29 is 9.53 Å². The van der Waals surface area contributed by atoms with Gasteiger partial charge in [-0.15, -0.1) is 0 Å². The van der Waals surface area contributed by atoms with Gasteiger partial charge in [0.15, 0.2) is 0 Å². The van der Waals surface area contributed by atoms with Crippen LogP contribution in [0.5, 0.6) is 0 Å². The molecule has 7 unspecified atom stereocenters. The molecule has 0 bridgehead atoms. The first-order valence-electron chi connectivity index (χ1n) is 10.4. The average molecular weight is 357 g/mol. The zero-order valence-electron chi connectivity index (χ0n) is 16.2. The first-order valence-corrected chi connectivity index (χ1v) is 10.4. The third kappa shape index (κ3) is 2.15. The highest BCUT2D eigenvalue weighted by molar-refractivity contribution is 5.66. The van der Waals surface area contributed by atoms with Gasteiger partial charge in [0.2, 0.25) is 0 Å². The second kappa shape index (κ2) is 5.49. The lowest BCUT2D eigenvalue weighted by Gasteiger charge is -2.60. The van der Waals surface area contributed by atoms with E-state index < -0.39 is 0 Å². The van der Waals surface area contributed by atoms with Crippen LogP contribution in [0, 0.1) is 28.6 Å². The normalized spacial score (nSPS) is 46.3. The maximum atomic E-state index is 11.6. The number of anilines is 1. The third-order valence-corrected chi connectivity index (χ3v) is 8.70. The van der Waals surface area contributed by atoms with E-state index in [4.69, 9.17) is 4.74 Å². The van der Waals surface area contributed by atoms with Gasteiger partial charge in [0.1, 0.15) is 11.9 Å². The van der Waals surface area contributed by atoms with Crippen molar-refractivity contribution in [3.05, 3.63) is 11.8 Å². The SMILES string of the molecule is CC(=O)OC1CCC2C3CCC4Nc5[nH]ncc5CC4(C)C3CCC12C. The van der Waals surface area contributed by atoms with Crippen LogP contribution in [0.25, 0.3) is 0 Å².